The van der Waals surface area contributed by atoms with E-state index in [1.807, 2.05) is 0 Å². The largest absolute Gasteiger partial charge is 0.384 e. The van der Waals surface area contributed by atoms with Gasteiger partial charge < -0.3 is 11.1 Å². The third-order valence-corrected chi connectivity index (χ3v) is 2.50. The van der Waals surface area contributed by atoms with Crippen molar-refractivity contribution in [1.29, 1.82) is 0 Å². The summed E-state index contributed by atoms with van der Waals surface area (Å²) in [5.74, 6) is -1.80. The number of anilines is 2. The van der Waals surface area contributed by atoms with Gasteiger partial charge in [-0.2, -0.15) is 0 Å². The summed E-state index contributed by atoms with van der Waals surface area (Å²) in [5.41, 5.74) is 5.39. The number of aromatic nitrogens is 1. The minimum atomic E-state index is -0.712. The zero-order chi connectivity index (χ0) is 14.0. The lowest BCUT2D eigenvalue weighted by atomic mass is 10.2. The first-order chi connectivity index (χ1) is 8.97. The molecule has 0 aliphatic carbocycles. The molecule has 0 radical (unpaired) electrons. The van der Waals surface area contributed by atoms with Crippen molar-refractivity contribution < 1.29 is 13.6 Å². The molecule has 1 heterocycles. The zero-order valence-electron chi connectivity index (χ0n) is 10.1. The Kier molecular flexibility index (Phi) is 3.41. The first-order valence-corrected chi connectivity index (χ1v) is 5.47. The first-order valence-electron chi connectivity index (χ1n) is 5.47. The van der Waals surface area contributed by atoms with Crippen molar-refractivity contribution in [2.45, 2.75) is 6.92 Å². The Morgan fingerprint density at radius 1 is 1.26 bits per heavy atom. The Bertz CT molecular complexity index is 644. The summed E-state index contributed by atoms with van der Waals surface area (Å²) in [6.07, 6.45) is 0. The van der Waals surface area contributed by atoms with Crippen LogP contribution in [0.5, 0.6) is 0 Å². The fourth-order valence-electron chi connectivity index (χ4n) is 1.51. The Balaban J connectivity index is 2.27. The van der Waals surface area contributed by atoms with Crippen LogP contribution in [0.1, 0.15) is 16.1 Å². The van der Waals surface area contributed by atoms with E-state index < -0.39 is 17.5 Å². The molecule has 98 valence electrons. The average Bonchev–Trinajstić information content (AvgIpc) is 2.36. The number of amides is 1. The van der Waals surface area contributed by atoms with Gasteiger partial charge in [0, 0.05) is 6.07 Å². The third-order valence-electron chi connectivity index (χ3n) is 2.50. The number of benzene rings is 1. The van der Waals surface area contributed by atoms with Gasteiger partial charge >= 0.3 is 0 Å². The molecule has 2 rings (SSSR count). The molecule has 19 heavy (non-hydrogen) atoms. The van der Waals surface area contributed by atoms with Crippen molar-refractivity contribution in [2.75, 3.05) is 11.1 Å². The number of pyridine rings is 1. The summed E-state index contributed by atoms with van der Waals surface area (Å²) in [6, 6.07) is 6.42. The Labute approximate surface area is 108 Å². The van der Waals surface area contributed by atoms with Gasteiger partial charge in [0.05, 0.1) is 5.69 Å². The van der Waals surface area contributed by atoms with Gasteiger partial charge in [-0.1, -0.05) is 6.07 Å². The SMILES string of the molecule is Cc1cc(F)c(NC(=O)c2cccc(N)n2)cc1F. The molecule has 1 aromatic carbocycles. The zero-order valence-corrected chi connectivity index (χ0v) is 10.1. The number of nitrogens with zero attached hydrogens (tertiary/aromatic N) is 1. The number of nitrogens with two attached hydrogens (primary N) is 1. The van der Waals surface area contributed by atoms with Crippen LogP contribution in [0.25, 0.3) is 0 Å². The molecule has 1 amide bonds. The van der Waals surface area contributed by atoms with E-state index in [9.17, 15) is 13.6 Å². The maximum atomic E-state index is 13.6. The van der Waals surface area contributed by atoms with E-state index in [0.29, 0.717) is 0 Å². The highest BCUT2D eigenvalue weighted by Crippen LogP contribution is 2.19. The number of carbonyl (C=O) groups is 1. The van der Waals surface area contributed by atoms with E-state index in [2.05, 4.69) is 10.3 Å². The highest BCUT2D eigenvalue weighted by atomic mass is 19.1. The van der Waals surface area contributed by atoms with Crippen LogP contribution in [0.2, 0.25) is 0 Å². The molecule has 2 aromatic rings. The normalized spacial score (nSPS) is 10.3. The van der Waals surface area contributed by atoms with Gasteiger partial charge in [-0.25, -0.2) is 13.8 Å². The average molecular weight is 263 g/mol. The number of nitrogens with one attached hydrogen (secondary N) is 1. The van der Waals surface area contributed by atoms with Crippen LogP contribution < -0.4 is 11.1 Å². The molecule has 0 fully saturated rings. The van der Waals surface area contributed by atoms with Crippen LogP contribution in [-0.4, -0.2) is 10.9 Å². The second kappa shape index (κ2) is 5.01. The van der Waals surface area contributed by atoms with Gasteiger partial charge in [-0.05, 0) is 30.7 Å². The molecule has 3 N–H and O–H groups in total. The van der Waals surface area contributed by atoms with Gasteiger partial charge in [0.2, 0.25) is 0 Å². The lowest BCUT2D eigenvalue weighted by Gasteiger charge is -2.07. The standard InChI is InChI=1S/C13H11F2N3O/c1-7-5-9(15)11(6-8(7)14)18-13(19)10-3-2-4-12(16)17-10/h2-6H,1H3,(H2,16,17)(H,18,19). The van der Waals surface area contributed by atoms with E-state index in [0.717, 1.165) is 12.1 Å². The van der Waals surface area contributed by atoms with Gasteiger partial charge in [-0.3, -0.25) is 4.79 Å². The van der Waals surface area contributed by atoms with Crippen molar-refractivity contribution in [1.82, 2.24) is 4.98 Å². The summed E-state index contributed by atoms with van der Waals surface area (Å²) < 4.78 is 26.9. The molecule has 0 aliphatic heterocycles. The highest BCUT2D eigenvalue weighted by Gasteiger charge is 2.13. The fraction of sp³-hybridized carbons (Fsp3) is 0.0769. The second-order valence-electron chi connectivity index (χ2n) is 3.98. The molecule has 0 aliphatic rings. The van der Waals surface area contributed by atoms with E-state index in [1.165, 1.54) is 19.1 Å². The molecular weight excluding hydrogens is 252 g/mol. The van der Waals surface area contributed by atoms with Crippen molar-refractivity contribution in [3.63, 3.8) is 0 Å². The quantitative estimate of drug-likeness (QED) is 0.874. The van der Waals surface area contributed by atoms with Crippen LogP contribution in [0, 0.1) is 18.6 Å². The highest BCUT2D eigenvalue weighted by molar-refractivity contribution is 6.03. The smallest absolute Gasteiger partial charge is 0.274 e. The number of hydrogen-bond acceptors (Lipinski definition) is 3. The molecule has 0 bridgehead atoms. The molecule has 4 nitrogen and oxygen atoms in total. The molecule has 0 saturated heterocycles. The van der Waals surface area contributed by atoms with Gasteiger partial charge in [0.25, 0.3) is 5.91 Å². The predicted octanol–water partition coefficient (Wildman–Crippen LogP) is 2.50. The van der Waals surface area contributed by atoms with E-state index in [4.69, 9.17) is 5.73 Å². The Hall–Kier alpha value is -2.50. The first kappa shape index (κ1) is 12.9. The number of hydrogen-bond donors (Lipinski definition) is 2. The fourth-order valence-corrected chi connectivity index (χ4v) is 1.51. The number of rotatable bonds is 2. The molecule has 0 unspecified atom stereocenters. The van der Waals surface area contributed by atoms with E-state index in [-0.39, 0.29) is 22.8 Å². The number of carbonyl (C=O) groups excluding carboxylic acids is 1. The van der Waals surface area contributed by atoms with Crippen LogP contribution in [0.15, 0.2) is 30.3 Å². The number of nitrogen functional groups attached to an aromatic ring is 1. The molecular formula is C13H11F2N3O. The minimum Gasteiger partial charge on any atom is -0.384 e. The van der Waals surface area contributed by atoms with Crippen molar-refractivity contribution >= 4 is 17.4 Å². The number of halogens is 2. The predicted molar refractivity (Wildman–Crippen MR) is 67.7 cm³/mol. The van der Waals surface area contributed by atoms with Gasteiger partial charge in [0.15, 0.2) is 0 Å². The summed E-state index contributed by atoms with van der Waals surface area (Å²) in [6.45, 7) is 1.43. The van der Waals surface area contributed by atoms with E-state index in [1.54, 1.807) is 6.07 Å². The summed E-state index contributed by atoms with van der Waals surface area (Å²) >= 11 is 0. The van der Waals surface area contributed by atoms with Crippen molar-refractivity contribution in [2.24, 2.45) is 0 Å². The maximum Gasteiger partial charge on any atom is 0.274 e. The van der Waals surface area contributed by atoms with Crippen molar-refractivity contribution in [3.05, 3.63) is 53.2 Å². The molecule has 1 aromatic heterocycles. The molecule has 0 spiro atoms. The lowest BCUT2D eigenvalue weighted by molar-refractivity contribution is 0.102. The van der Waals surface area contributed by atoms with Crippen LogP contribution in [0.4, 0.5) is 20.3 Å². The summed E-state index contributed by atoms with van der Waals surface area (Å²) in [4.78, 5) is 15.6. The topological polar surface area (TPSA) is 68.0 Å². The Morgan fingerprint density at radius 3 is 2.68 bits per heavy atom. The molecule has 6 heteroatoms. The second-order valence-corrected chi connectivity index (χ2v) is 3.98. The summed E-state index contributed by atoms with van der Waals surface area (Å²) in [5, 5.41) is 2.25. The van der Waals surface area contributed by atoms with Crippen molar-refractivity contribution in [3.8, 4) is 0 Å². The Morgan fingerprint density at radius 2 is 2.00 bits per heavy atom. The molecule has 0 saturated carbocycles. The van der Waals surface area contributed by atoms with E-state index >= 15 is 0 Å². The monoisotopic (exact) mass is 263 g/mol. The van der Waals surface area contributed by atoms with Gasteiger partial charge in [0.1, 0.15) is 23.1 Å². The van der Waals surface area contributed by atoms with Gasteiger partial charge in [-0.15, -0.1) is 0 Å². The minimum absolute atomic E-state index is 0.0281. The van der Waals surface area contributed by atoms with Crippen LogP contribution in [0.3, 0.4) is 0 Å². The number of aryl methyl sites for hydroxylation is 1. The van der Waals surface area contributed by atoms with Crippen LogP contribution >= 0.6 is 0 Å². The molecule has 0 atom stereocenters. The third kappa shape index (κ3) is 2.85. The van der Waals surface area contributed by atoms with Crippen LogP contribution in [-0.2, 0) is 0 Å². The maximum absolute atomic E-state index is 13.6. The lowest BCUT2D eigenvalue weighted by Crippen LogP contribution is -2.15. The summed E-state index contributed by atoms with van der Waals surface area (Å²) in [7, 11) is 0.